The number of carbonyl (C=O) groups is 2. The molecule has 3 amide bonds. The van der Waals surface area contributed by atoms with E-state index in [1.807, 2.05) is 12.1 Å². The molecule has 2 aliphatic rings. The highest BCUT2D eigenvalue weighted by Gasteiger charge is 2.20. The van der Waals surface area contributed by atoms with Crippen molar-refractivity contribution in [1.82, 2.24) is 20.9 Å². The Morgan fingerprint density at radius 1 is 1.15 bits per heavy atom. The lowest BCUT2D eigenvalue weighted by atomic mass is 10.1. The predicted molar refractivity (Wildman–Crippen MR) is 105 cm³/mol. The molecule has 8 heteroatoms. The summed E-state index contributed by atoms with van der Waals surface area (Å²) in [7, 11) is 0. The number of nitrogens with zero attached hydrogens (tertiary/aromatic N) is 2. The van der Waals surface area contributed by atoms with Gasteiger partial charge in [0.2, 0.25) is 0 Å². The number of halogens is 1. The van der Waals surface area contributed by atoms with Crippen molar-refractivity contribution in [2.24, 2.45) is 0 Å². The van der Waals surface area contributed by atoms with Crippen molar-refractivity contribution in [2.45, 2.75) is 12.8 Å². The van der Waals surface area contributed by atoms with Crippen LogP contribution in [-0.4, -0.2) is 69.2 Å². The van der Waals surface area contributed by atoms with Gasteiger partial charge in [-0.3, -0.25) is 9.69 Å². The van der Waals surface area contributed by atoms with Gasteiger partial charge in [-0.15, -0.1) is 12.4 Å². The van der Waals surface area contributed by atoms with Crippen LogP contribution in [0.1, 0.15) is 23.2 Å². The molecule has 0 atom stereocenters. The van der Waals surface area contributed by atoms with Crippen LogP contribution in [-0.2, 0) is 0 Å². The van der Waals surface area contributed by atoms with E-state index in [1.165, 1.54) is 0 Å². The first-order valence-corrected chi connectivity index (χ1v) is 9.11. The molecule has 3 N–H and O–H groups in total. The quantitative estimate of drug-likeness (QED) is 0.644. The van der Waals surface area contributed by atoms with Crippen molar-refractivity contribution in [3.8, 4) is 0 Å². The number of hydrogen-bond acceptors (Lipinski definition) is 4. The molecule has 7 nitrogen and oxygen atoms in total. The fraction of sp³-hybridized carbons (Fsp3) is 0.556. The summed E-state index contributed by atoms with van der Waals surface area (Å²) >= 11 is 0. The van der Waals surface area contributed by atoms with Gasteiger partial charge in [-0.2, -0.15) is 0 Å². The monoisotopic (exact) mass is 381 g/mol. The van der Waals surface area contributed by atoms with Gasteiger partial charge in [-0.05, 0) is 37.6 Å². The number of rotatable bonds is 6. The van der Waals surface area contributed by atoms with E-state index in [4.69, 9.17) is 0 Å². The van der Waals surface area contributed by atoms with Gasteiger partial charge in [0.05, 0.1) is 0 Å². The highest BCUT2D eigenvalue weighted by Crippen LogP contribution is 2.18. The lowest BCUT2D eigenvalue weighted by Gasteiger charge is -2.27. The van der Waals surface area contributed by atoms with Gasteiger partial charge in [0.15, 0.2) is 0 Å². The normalized spacial score (nSPS) is 18.0. The van der Waals surface area contributed by atoms with Crippen LogP contribution in [0.25, 0.3) is 0 Å². The molecule has 0 unspecified atom stereocenters. The Kier molecular flexibility index (Phi) is 8.15. The fourth-order valence-electron chi connectivity index (χ4n) is 3.23. The molecule has 0 radical (unpaired) electrons. The molecule has 0 bridgehead atoms. The summed E-state index contributed by atoms with van der Waals surface area (Å²) in [5.41, 5.74) is 1.36. The van der Waals surface area contributed by atoms with Crippen molar-refractivity contribution in [3.63, 3.8) is 0 Å². The summed E-state index contributed by atoms with van der Waals surface area (Å²) in [5.74, 6) is -0.0837. The maximum absolute atomic E-state index is 12.4. The number of urea groups is 1. The number of benzene rings is 1. The highest BCUT2D eigenvalue weighted by atomic mass is 35.5. The van der Waals surface area contributed by atoms with E-state index < -0.39 is 0 Å². The van der Waals surface area contributed by atoms with Crippen LogP contribution in [0.4, 0.5) is 10.5 Å². The lowest BCUT2D eigenvalue weighted by molar-refractivity contribution is 0.0951. The summed E-state index contributed by atoms with van der Waals surface area (Å²) in [6.45, 7) is 7.31. The van der Waals surface area contributed by atoms with Crippen molar-refractivity contribution >= 4 is 30.0 Å². The van der Waals surface area contributed by atoms with Gasteiger partial charge in [0, 0.05) is 57.1 Å². The second-order valence-electron chi connectivity index (χ2n) is 6.49. The molecular weight excluding hydrogens is 354 g/mol. The number of amides is 3. The minimum absolute atomic E-state index is 0. The molecule has 1 aromatic carbocycles. The average Bonchev–Trinajstić information content (AvgIpc) is 2.66. The van der Waals surface area contributed by atoms with E-state index in [0.717, 1.165) is 51.3 Å². The predicted octanol–water partition coefficient (Wildman–Crippen LogP) is 1.05. The van der Waals surface area contributed by atoms with Crippen LogP contribution in [0.2, 0.25) is 0 Å². The van der Waals surface area contributed by atoms with Gasteiger partial charge in [-0.25, -0.2) is 4.79 Å². The standard InChI is InChI=1S/C18H27N5O2.ClH/c24-17(20-6-2-10-22-12-8-19-9-13-22)15-4-1-5-16(14-15)23-11-3-7-21-18(23)25;/h1,4-5,14,19H,2-3,6-13H2,(H,20,24)(H,21,25);1H. The topological polar surface area (TPSA) is 76.7 Å². The van der Waals surface area contributed by atoms with E-state index in [2.05, 4.69) is 20.9 Å². The minimum atomic E-state index is -0.0974. The molecule has 144 valence electrons. The third-order valence-corrected chi connectivity index (χ3v) is 4.65. The number of carbonyl (C=O) groups excluding carboxylic acids is 2. The smallest absolute Gasteiger partial charge is 0.321 e. The minimum Gasteiger partial charge on any atom is -0.352 e. The van der Waals surface area contributed by atoms with Gasteiger partial charge in [0.25, 0.3) is 5.91 Å². The average molecular weight is 382 g/mol. The van der Waals surface area contributed by atoms with Gasteiger partial charge in [0.1, 0.15) is 0 Å². The van der Waals surface area contributed by atoms with Gasteiger partial charge < -0.3 is 20.9 Å². The first-order chi connectivity index (χ1) is 12.2. The van der Waals surface area contributed by atoms with E-state index in [0.29, 0.717) is 25.2 Å². The first kappa shape index (κ1) is 20.5. The number of anilines is 1. The maximum atomic E-state index is 12.4. The summed E-state index contributed by atoms with van der Waals surface area (Å²) in [6.07, 6.45) is 1.86. The maximum Gasteiger partial charge on any atom is 0.321 e. The van der Waals surface area contributed by atoms with Crippen LogP contribution in [0.3, 0.4) is 0 Å². The molecule has 2 saturated heterocycles. The van der Waals surface area contributed by atoms with E-state index in [9.17, 15) is 9.59 Å². The lowest BCUT2D eigenvalue weighted by Crippen LogP contribution is -2.46. The molecule has 3 rings (SSSR count). The molecule has 1 aromatic rings. The third kappa shape index (κ3) is 5.59. The Labute approximate surface area is 160 Å². The van der Waals surface area contributed by atoms with Crippen LogP contribution < -0.4 is 20.9 Å². The number of nitrogens with one attached hydrogen (secondary N) is 3. The molecule has 2 fully saturated rings. The van der Waals surface area contributed by atoms with E-state index >= 15 is 0 Å². The Hall–Kier alpha value is -1.83. The first-order valence-electron chi connectivity index (χ1n) is 9.11. The summed E-state index contributed by atoms with van der Waals surface area (Å²) < 4.78 is 0. The third-order valence-electron chi connectivity index (χ3n) is 4.65. The SMILES string of the molecule is Cl.O=C(NCCCN1CCNCC1)c1cccc(N2CCCNC2=O)c1. The molecule has 0 saturated carbocycles. The Morgan fingerprint density at radius 2 is 1.96 bits per heavy atom. The van der Waals surface area contributed by atoms with Crippen molar-refractivity contribution in [3.05, 3.63) is 29.8 Å². The Balaban J connectivity index is 0.00000243. The largest absolute Gasteiger partial charge is 0.352 e. The summed E-state index contributed by atoms with van der Waals surface area (Å²) in [5, 5.41) is 9.15. The van der Waals surface area contributed by atoms with Crippen LogP contribution in [0.5, 0.6) is 0 Å². The Bertz CT molecular complexity index is 607. The van der Waals surface area contributed by atoms with Crippen LogP contribution >= 0.6 is 12.4 Å². The highest BCUT2D eigenvalue weighted by molar-refractivity contribution is 5.97. The number of hydrogen-bond donors (Lipinski definition) is 3. The zero-order valence-electron chi connectivity index (χ0n) is 15.0. The Morgan fingerprint density at radius 3 is 2.73 bits per heavy atom. The molecule has 0 spiro atoms. The van der Waals surface area contributed by atoms with Gasteiger partial charge >= 0.3 is 6.03 Å². The molecule has 2 heterocycles. The molecule has 0 aliphatic carbocycles. The van der Waals surface area contributed by atoms with Crippen molar-refractivity contribution in [1.29, 1.82) is 0 Å². The summed E-state index contributed by atoms with van der Waals surface area (Å²) in [4.78, 5) is 28.4. The fourth-order valence-corrected chi connectivity index (χ4v) is 3.23. The molecular formula is C18H28ClN5O2. The summed E-state index contributed by atoms with van der Waals surface area (Å²) in [6, 6.07) is 7.17. The van der Waals surface area contributed by atoms with E-state index in [1.54, 1.807) is 17.0 Å². The van der Waals surface area contributed by atoms with Crippen molar-refractivity contribution in [2.75, 3.05) is 57.3 Å². The molecule has 0 aromatic heterocycles. The van der Waals surface area contributed by atoms with E-state index in [-0.39, 0.29) is 24.3 Å². The van der Waals surface area contributed by atoms with Crippen molar-refractivity contribution < 1.29 is 9.59 Å². The molecule has 2 aliphatic heterocycles. The zero-order chi connectivity index (χ0) is 17.5. The second-order valence-corrected chi connectivity index (χ2v) is 6.49. The zero-order valence-corrected chi connectivity index (χ0v) is 15.8. The van der Waals surface area contributed by atoms with Crippen LogP contribution in [0.15, 0.2) is 24.3 Å². The number of piperazine rings is 1. The second kappa shape index (κ2) is 10.4. The van der Waals surface area contributed by atoms with Gasteiger partial charge in [-0.1, -0.05) is 6.07 Å². The van der Waals surface area contributed by atoms with Crippen LogP contribution in [0, 0.1) is 0 Å². The molecule has 26 heavy (non-hydrogen) atoms.